The molecule has 0 aliphatic carbocycles. The molecule has 0 saturated carbocycles. The molecule has 3 N–H and O–H groups in total. The van der Waals surface area contributed by atoms with Crippen molar-refractivity contribution in [1.29, 1.82) is 0 Å². The van der Waals surface area contributed by atoms with E-state index in [1.807, 2.05) is 12.1 Å². The molecule has 0 atom stereocenters. The van der Waals surface area contributed by atoms with Crippen LogP contribution in [0, 0.1) is 0 Å². The summed E-state index contributed by atoms with van der Waals surface area (Å²) in [6.45, 7) is 2.71. The van der Waals surface area contributed by atoms with E-state index in [9.17, 15) is 9.59 Å². The van der Waals surface area contributed by atoms with E-state index < -0.39 is 17.6 Å². The lowest BCUT2D eigenvalue weighted by atomic mass is 9.98. The van der Waals surface area contributed by atoms with Gasteiger partial charge in [0.05, 0.1) is 14.2 Å². The van der Waals surface area contributed by atoms with Gasteiger partial charge in [0.15, 0.2) is 23.0 Å². The van der Waals surface area contributed by atoms with Crippen molar-refractivity contribution < 1.29 is 28.5 Å². The monoisotopic (exact) mass is 503 g/mol. The molecule has 9 heteroatoms. The van der Waals surface area contributed by atoms with Crippen LogP contribution >= 0.6 is 0 Å². The predicted molar refractivity (Wildman–Crippen MR) is 137 cm³/mol. The van der Waals surface area contributed by atoms with Gasteiger partial charge in [-0.05, 0) is 65.9 Å². The van der Waals surface area contributed by atoms with Gasteiger partial charge < -0.3 is 30.0 Å². The van der Waals surface area contributed by atoms with Crippen molar-refractivity contribution >= 4 is 17.5 Å². The van der Waals surface area contributed by atoms with Crippen LogP contribution in [0.3, 0.4) is 0 Å². The molecule has 3 aromatic carbocycles. The van der Waals surface area contributed by atoms with Crippen LogP contribution < -0.4 is 30.0 Å². The number of fused-ring (bicyclic) bond motifs is 2. The Kier molecular flexibility index (Phi) is 6.62. The highest BCUT2D eigenvalue weighted by Gasteiger charge is 2.55. The van der Waals surface area contributed by atoms with Crippen molar-refractivity contribution in [3.8, 4) is 23.0 Å². The fourth-order valence-electron chi connectivity index (χ4n) is 4.64. The molecule has 2 amide bonds. The first-order valence-electron chi connectivity index (χ1n) is 12.1. The van der Waals surface area contributed by atoms with E-state index in [0.29, 0.717) is 5.69 Å². The maximum Gasteiger partial charge on any atom is 0.415 e. The lowest BCUT2D eigenvalue weighted by Gasteiger charge is -2.29. The van der Waals surface area contributed by atoms with Gasteiger partial charge in [-0.25, -0.2) is 0 Å². The number of anilines is 1. The van der Waals surface area contributed by atoms with Crippen molar-refractivity contribution in [1.82, 2.24) is 4.90 Å². The molecular formula is C28H29N3O6. The fraction of sp³-hybridized carbons (Fsp3) is 0.286. The number of carbonyl (C=O) groups is 2. The number of ether oxygens (including phenoxy) is 4. The number of nitrogens with zero attached hydrogens (tertiary/aromatic N) is 1. The standard InChI is InChI=1S/C28H29N3O6/c1-34-24-15-19-12-14-31(17-20(19)16-25(24)35-2)13-11-18-7-9-21(10-8-18)30-27(33)28(26(29)32)36-22-5-3-4-6-23(22)37-28/h3-10,15-16H,11-14,17H2,1-2H3,(H2,29,32)(H,30,33). The first-order chi connectivity index (χ1) is 17.9. The molecule has 3 aromatic rings. The van der Waals surface area contributed by atoms with Gasteiger partial charge in [0.2, 0.25) is 0 Å². The average Bonchev–Trinajstić information content (AvgIpc) is 3.33. The molecule has 0 bridgehead atoms. The average molecular weight is 504 g/mol. The summed E-state index contributed by atoms with van der Waals surface area (Å²) >= 11 is 0. The van der Waals surface area contributed by atoms with Crippen molar-refractivity contribution in [2.24, 2.45) is 5.73 Å². The quantitative estimate of drug-likeness (QED) is 0.455. The van der Waals surface area contributed by atoms with E-state index in [-0.39, 0.29) is 11.5 Å². The van der Waals surface area contributed by atoms with Crippen LogP contribution in [0.5, 0.6) is 23.0 Å². The minimum atomic E-state index is -2.25. The fourth-order valence-corrected chi connectivity index (χ4v) is 4.64. The van der Waals surface area contributed by atoms with Gasteiger partial charge in [0.25, 0.3) is 0 Å². The number of benzene rings is 3. The van der Waals surface area contributed by atoms with Crippen LogP contribution in [0.15, 0.2) is 60.7 Å². The summed E-state index contributed by atoms with van der Waals surface area (Å²) in [5, 5.41) is 2.68. The molecule has 2 heterocycles. The molecule has 0 unspecified atom stereocenters. The molecular weight excluding hydrogens is 474 g/mol. The molecule has 0 saturated heterocycles. The number of hydrogen-bond acceptors (Lipinski definition) is 7. The highest BCUT2D eigenvalue weighted by molar-refractivity contribution is 6.13. The summed E-state index contributed by atoms with van der Waals surface area (Å²) in [5.41, 5.74) is 9.67. The third-order valence-corrected chi connectivity index (χ3v) is 6.71. The second-order valence-electron chi connectivity index (χ2n) is 9.03. The zero-order chi connectivity index (χ0) is 26.0. The second-order valence-corrected chi connectivity index (χ2v) is 9.03. The largest absolute Gasteiger partial charge is 0.493 e. The van der Waals surface area contributed by atoms with Crippen molar-refractivity contribution in [3.05, 3.63) is 77.4 Å². The number of primary amides is 1. The summed E-state index contributed by atoms with van der Waals surface area (Å²) in [5.74, 6) is -2.00. The zero-order valence-corrected chi connectivity index (χ0v) is 20.8. The molecule has 0 aromatic heterocycles. The predicted octanol–water partition coefficient (Wildman–Crippen LogP) is 2.90. The summed E-state index contributed by atoms with van der Waals surface area (Å²) in [7, 11) is 3.30. The van der Waals surface area contributed by atoms with E-state index >= 15 is 0 Å². The van der Waals surface area contributed by atoms with Crippen LogP contribution in [-0.4, -0.2) is 49.8 Å². The molecule has 37 heavy (non-hydrogen) atoms. The highest BCUT2D eigenvalue weighted by Crippen LogP contribution is 2.39. The minimum Gasteiger partial charge on any atom is -0.493 e. The third-order valence-electron chi connectivity index (χ3n) is 6.71. The van der Waals surface area contributed by atoms with Gasteiger partial charge in [-0.3, -0.25) is 14.5 Å². The van der Waals surface area contributed by atoms with Crippen LogP contribution in [0.25, 0.3) is 0 Å². The molecule has 2 aliphatic rings. The van der Waals surface area contributed by atoms with Crippen molar-refractivity contribution in [2.75, 3.05) is 32.6 Å². The smallest absolute Gasteiger partial charge is 0.415 e. The van der Waals surface area contributed by atoms with Gasteiger partial charge in [-0.15, -0.1) is 0 Å². The molecule has 0 fully saturated rings. The number of amides is 2. The molecule has 0 radical (unpaired) electrons. The Bertz CT molecular complexity index is 1300. The Morgan fingerprint density at radius 2 is 1.59 bits per heavy atom. The minimum absolute atomic E-state index is 0.282. The number of nitrogens with one attached hydrogen (secondary N) is 1. The van der Waals surface area contributed by atoms with E-state index in [1.165, 1.54) is 11.1 Å². The molecule has 5 rings (SSSR count). The lowest BCUT2D eigenvalue weighted by Crippen LogP contribution is -2.59. The Balaban J connectivity index is 1.19. The van der Waals surface area contributed by atoms with Gasteiger partial charge in [-0.1, -0.05) is 24.3 Å². The summed E-state index contributed by atoms with van der Waals surface area (Å²) in [4.78, 5) is 27.5. The summed E-state index contributed by atoms with van der Waals surface area (Å²) in [6, 6.07) is 18.2. The van der Waals surface area contributed by atoms with Gasteiger partial charge >= 0.3 is 17.6 Å². The van der Waals surface area contributed by atoms with E-state index in [1.54, 1.807) is 50.6 Å². The van der Waals surface area contributed by atoms with Gasteiger partial charge in [0.1, 0.15) is 0 Å². The van der Waals surface area contributed by atoms with E-state index in [4.69, 9.17) is 24.7 Å². The topological polar surface area (TPSA) is 112 Å². The maximum atomic E-state index is 13.0. The molecule has 0 spiro atoms. The van der Waals surface area contributed by atoms with Crippen LogP contribution in [0.2, 0.25) is 0 Å². The molecule has 9 nitrogen and oxygen atoms in total. The number of hydrogen-bond donors (Lipinski definition) is 2. The van der Waals surface area contributed by atoms with Crippen LogP contribution in [0.4, 0.5) is 5.69 Å². The van der Waals surface area contributed by atoms with Crippen molar-refractivity contribution in [2.45, 2.75) is 25.2 Å². The Labute approximate surface area is 215 Å². The number of rotatable bonds is 8. The normalized spacial score (nSPS) is 15.5. The summed E-state index contributed by atoms with van der Waals surface area (Å²) in [6.07, 6.45) is 1.81. The number of para-hydroxylation sites is 2. The Morgan fingerprint density at radius 3 is 2.19 bits per heavy atom. The second kappa shape index (κ2) is 10.0. The zero-order valence-electron chi connectivity index (χ0n) is 20.8. The third kappa shape index (κ3) is 4.77. The first-order valence-corrected chi connectivity index (χ1v) is 12.1. The van der Waals surface area contributed by atoms with E-state index in [0.717, 1.165) is 49.5 Å². The lowest BCUT2D eigenvalue weighted by molar-refractivity contribution is -0.165. The van der Waals surface area contributed by atoms with Gasteiger partial charge in [-0.2, -0.15) is 0 Å². The summed E-state index contributed by atoms with van der Waals surface area (Å²) < 4.78 is 22.0. The van der Waals surface area contributed by atoms with Crippen LogP contribution in [0.1, 0.15) is 16.7 Å². The Morgan fingerprint density at radius 1 is 0.973 bits per heavy atom. The first kappa shape index (κ1) is 24.5. The Hall–Kier alpha value is -4.24. The molecule has 192 valence electrons. The molecule has 2 aliphatic heterocycles. The van der Waals surface area contributed by atoms with Crippen molar-refractivity contribution in [3.63, 3.8) is 0 Å². The number of carbonyl (C=O) groups excluding carboxylic acids is 2. The highest BCUT2D eigenvalue weighted by atomic mass is 16.7. The van der Waals surface area contributed by atoms with Crippen LogP contribution in [-0.2, 0) is 29.0 Å². The SMILES string of the molecule is COc1cc2c(cc1OC)CN(CCc1ccc(NC(=O)C3(C(N)=O)Oc4ccccc4O3)cc1)CC2. The maximum absolute atomic E-state index is 13.0. The number of nitrogens with two attached hydrogens (primary N) is 1. The van der Waals surface area contributed by atoms with Gasteiger partial charge in [0, 0.05) is 25.3 Å². The van der Waals surface area contributed by atoms with E-state index in [2.05, 4.69) is 22.3 Å². The number of methoxy groups -OCH3 is 2.